The molecule has 0 amide bonds. The summed E-state index contributed by atoms with van der Waals surface area (Å²) in [5.74, 6) is 0. The number of rotatable bonds is 0. The minimum Gasteiger partial charge on any atom is -0.0623 e. The quantitative estimate of drug-likeness (QED) is 0.273. The van der Waals surface area contributed by atoms with E-state index < -0.39 is 0 Å². The van der Waals surface area contributed by atoms with E-state index in [9.17, 15) is 0 Å². The van der Waals surface area contributed by atoms with Crippen molar-refractivity contribution in [2.75, 3.05) is 0 Å². The fourth-order valence-corrected chi connectivity index (χ4v) is 4.61. The van der Waals surface area contributed by atoms with Crippen molar-refractivity contribution in [3.05, 3.63) is 216 Å². The minimum absolute atomic E-state index is 0.983. The van der Waals surface area contributed by atoms with Crippen molar-refractivity contribution in [2.24, 2.45) is 0 Å². The van der Waals surface area contributed by atoms with Crippen LogP contribution in [0.5, 0.6) is 0 Å². The van der Waals surface area contributed by atoms with E-state index in [-0.39, 0.29) is 0 Å². The van der Waals surface area contributed by atoms with Crippen LogP contribution >= 0.6 is 0 Å². The van der Waals surface area contributed by atoms with Gasteiger partial charge >= 0.3 is 0 Å². The normalized spacial score (nSPS) is 14.3. The highest BCUT2D eigenvalue weighted by Gasteiger charge is 2.19. The second-order valence-electron chi connectivity index (χ2n) is 9.72. The third-order valence-corrected chi connectivity index (χ3v) is 6.79. The Balaban J connectivity index is 1.68. The molecule has 0 heterocycles. The van der Waals surface area contributed by atoms with Crippen LogP contribution in [-0.4, -0.2) is 0 Å². The van der Waals surface area contributed by atoms with Gasteiger partial charge in [0.05, 0.1) is 0 Å². The maximum atomic E-state index is 2.34. The Bertz CT molecular complexity index is 1690. The molecule has 5 rings (SSSR count). The first-order chi connectivity index (χ1) is 20.4. The first-order valence-electron chi connectivity index (χ1n) is 14.1. The lowest BCUT2D eigenvalue weighted by Gasteiger charge is -2.02. The average Bonchev–Trinajstić information content (AvgIpc) is 3.74. The van der Waals surface area contributed by atoms with Crippen molar-refractivity contribution in [1.82, 2.24) is 0 Å². The lowest BCUT2D eigenvalue weighted by Crippen LogP contribution is -1.83. The van der Waals surface area contributed by atoms with Crippen LogP contribution in [0.2, 0.25) is 0 Å². The first kappa shape index (κ1) is 27.4. The third kappa shape index (κ3) is 8.39. The van der Waals surface area contributed by atoms with Gasteiger partial charge in [-0.2, -0.15) is 0 Å². The standard InChI is InChI=1S/C41H34/c1-2-5-11-15-24-36-26-18-20-28-37-27-19-17-25-34-22-13-9-7-4-8-10-14-23-35(34)30-21-31-40(37)41-33-39(41)32-38(36)29-16-12-6-3-1/h1-32H,33H2. The maximum Gasteiger partial charge on any atom is -0.00135 e. The van der Waals surface area contributed by atoms with Crippen molar-refractivity contribution in [3.8, 4) is 11.1 Å². The van der Waals surface area contributed by atoms with Crippen molar-refractivity contribution >= 4 is 12.2 Å². The molecule has 41 heavy (non-hydrogen) atoms. The summed E-state index contributed by atoms with van der Waals surface area (Å²) in [5, 5.41) is 0. The molecule has 0 nitrogen and oxygen atoms in total. The lowest BCUT2D eigenvalue weighted by molar-refractivity contribution is 1.53. The summed E-state index contributed by atoms with van der Waals surface area (Å²) < 4.78 is 0. The van der Waals surface area contributed by atoms with Gasteiger partial charge in [0.1, 0.15) is 0 Å². The molecule has 0 radical (unpaired) electrons. The molecular weight excluding hydrogens is 492 g/mol. The molecule has 0 aromatic heterocycles. The molecule has 198 valence electrons. The van der Waals surface area contributed by atoms with E-state index in [1.165, 1.54) is 33.4 Å². The Morgan fingerprint density at radius 2 is 0.902 bits per heavy atom. The molecule has 0 saturated carbocycles. The Morgan fingerprint density at radius 3 is 1.63 bits per heavy atom. The smallest absolute Gasteiger partial charge is 0.00135 e. The second kappa shape index (κ2) is 14.8. The molecule has 0 saturated heterocycles. The molecule has 0 aromatic rings. The van der Waals surface area contributed by atoms with Gasteiger partial charge in [-0.3, -0.25) is 0 Å². The summed E-state index contributed by atoms with van der Waals surface area (Å²) >= 11 is 0. The van der Waals surface area contributed by atoms with E-state index in [0.29, 0.717) is 0 Å². The van der Waals surface area contributed by atoms with Crippen LogP contribution in [0.3, 0.4) is 0 Å². The van der Waals surface area contributed by atoms with E-state index in [4.69, 9.17) is 0 Å². The number of fused-ring (bicyclic) bond motifs is 5. The van der Waals surface area contributed by atoms with Crippen LogP contribution < -0.4 is 0 Å². The van der Waals surface area contributed by atoms with Crippen LogP contribution in [0.4, 0.5) is 0 Å². The molecule has 0 heteroatoms. The molecule has 0 N–H and O–H groups in total. The van der Waals surface area contributed by atoms with Crippen LogP contribution in [0.1, 0.15) is 22.3 Å². The number of allylic oxidation sites excluding steroid dienone is 16. The van der Waals surface area contributed by atoms with Gasteiger partial charge in [-0.05, 0) is 50.9 Å². The molecule has 0 spiro atoms. The zero-order chi connectivity index (χ0) is 28.0. The summed E-state index contributed by atoms with van der Waals surface area (Å²) in [6.07, 6.45) is 35.0. The molecule has 0 unspecified atom stereocenters. The van der Waals surface area contributed by atoms with Gasteiger partial charge in [0.2, 0.25) is 0 Å². The highest BCUT2D eigenvalue weighted by atomic mass is 14.2. The third-order valence-electron chi connectivity index (χ3n) is 6.79. The highest BCUT2D eigenvalue weighted by Crippen LogP contribution is 2.35. The molecule has 5 aliphatic carbocycles. The second-order valence-corrected chi connectivity index (χ2v) is 9.72. The van der Waals surface area contributed by atoms with E-state index in [2.05, 4.69) is 152 Å². The maximum absolute atomic E-state index is 2.34. The summed E-state index contributed by atoms with van der Waals surface area (Å²) in [6.45, 7) is 0. The SMILES string of the molecule is C1=CC=CC=C2C=CC=Cc3ccccc4cccccccccccc-4cc4c(c3C=CC=C2C=CC=C1)C4. The predicted molar refractivity (Wildman–Crippen MR) is 179 cm³/mol. The van der Waals surface area contributed by atoms with E-state index in [1.807, 2.05) is 42.5 Å². The van der Waals surface area contributed by atoms with Crippen molar-refractivity contribution in [3.63, 3.8) is 0 Å². The van der Waals surface area contributed by atoms with Gasteiger partial charge in [0, 0.05) is 0 Å². The fraction of sp³-hybridized carbons (Fsp3) is 0.0244. The molecule has 0 fully saturated rings. The molecule has 0 bridgehead atoms. The predicted octanol–water partition coefficient (Wildman–Crippen LogP) is 10.8. The molecule has 0 atom stereocenters. The van der Waals surface area contributed by atoms with E-state index >= 15 is 0 Å². The van der Waals surface area contributed by atoms with Gasteiger partial charge in [0.15, 0.2) is 0 Å². The summed E-state index contributed by atoms with van der Waals surface area (Å²) in [6, 6.07) is 33.9. The van der Waals surface area contributed by atoms with E-state index in [1.54, 1.807) is 0 Å². The van der Waals surface area contributed by atoms with Crippen LogP contribution in [0.15, 0.2) is 193 Å². The Morgan fingerprint density at radius 1 is 0.390 bits per heavy atom. The largest absolute Gasteiger partial charge is 0.0623 e. The first-order valence-corrected chi connectivity index (χ1v) is 14.1. The number of hydrogen-bond acceptors (Lipinski definition) is 0. The fourth-order valence-electron chi connectivity index (χ4n) is 4.61. The van der Waals surface area contributed by atoms with Crippen molar-refractivity contribution in [2.45, 2.75) is 6.42 Å². The van der Waals surface area contributed by atoms with Crippen LogP contribution in [0, 0.1) is 0 Å². The van der Waals surface area contributed by atoms with Crippen molar-refractivity contribution < 1.29 is 0 Å². The Kier molecular flexibility index (Phi) is 9.89. The van der Waals surface area contributed by atoms with Gasteiger partial charge < -0.3 is 0 Å². The molecule has 0 aromatic carbocycles. The summed E-state index contributed by atoms with van der Waals surface area (Å²) in [5.41, 5.74) is 9.89. The Labute approximate surface area is 244 Å². The van der Waals surface area contributed by atoms with Gasteiger partial charge in [-0.25, -0.2) is 0 Å². The van der Waals surface area contributed by atoms with Gasteiger partial charge in [-0.1, -0.05) is 194 Å². The van der Waals surface area contributed by atoms with Gasteiger partial charge in [-0.15, -0.1) is 0 Å². The zero-order valence-electron chi connectivity index (χ0n) is 23.2. The molecule has 0 aliphatic heterocycles. The van der Waals surface area contributed by atoms with Gasteiger partial charge in [0.25, 0.3) is 0 Å². The Hall–Kier alpha value is -5.20. The zero-order valence-corrected chi connectivity index (χ0v) is 23.2. The molecular formula is C41H34. The lowest BCUT2D eigenvalue weighted by atomic mass is 10.0. The van der Waals surface area contributed by atoms with Crippen molar-refractivity contribution in [1.29, 1.82) is 0 Å². The van der Waals surface area contributed by atoms with Crippen LogP contribution in [0.25, 0.3) is 23.3 Å². The minimum atomic E-state index is 0.983. The number of hydrogen-bond donors (Lipinski definition) is 0. The average molecular weight is 527 g/mol. The molecule has 5 aliphatic rings. The summed E-state index contributed by atoms with van der Waals surface area (Å²) in [4.78, 5) is 0. The van der Waals surface area contributed by atoms with E-state index in [0.717, 1.165) is 17.6 Å². The highest BCUT2D eigenvalue weighted by molar-refractivity contribution is 5.75. The topological polar surface area (TPSA) is 0 Å². The van der Waals surface area contributed by atoms with Crippen LogP contribution in [-0.2, 0) is 6.42 Å². The monoisotopic (exact) mass is 526 g/mol. The summed E-state index contributed by atoms with van der Waals surface area (Å²) in [7, 11) is 0.